The van der Waals surface area contributed by atoms with E-state index in [9.17, 15) is 9.59 Å². The van der Waals surface area contributed by atoms with Crippen molar-refractivity contribution in [3.05, 3.63) is 35.9 Å². The second-order valence-electron chi connectivity index (χ2n) is 4.84. The van der Waals surface area contributed by atoms with E-state index in [1.54, 1.807) is 0 Å². The Morgan fingerprint density at radius 1 is 1.21 bits per heavy atom. The third-order valence-electron chi connectivity index (χ3n) is 3.48. The second kappa shape index (κ2) is 5.73. The summed E-state index contributed by atoms with van der Waals surface area (Å²) < 4.78 is 5.11. The van der Waals surface area contributed by atoms with Crippen LogP contribution in [0.15, 0.2) is 30.3 Å². The van der Waals surface area contributed by atoms with Gasteiger partial charge in [0.05, 0.1) is 0 Å². The first kappa shape index (κ1) is 13.4. The molecule has 1 saturated carbocycles. The quantitative estimate of drug-likeness (QED) is 0.866. The highest BCUT2D eigenvalue weighted by molar-refractivity contribution is 5.88. The molecule has 5 nitrogen and oxygen atoms in total. The summed E-state index contributed by atoms with van der Waals surface area (Å²) in [5, 5.41) is 2.63. The molecule has 0 heterocycles. The minimum absolute atomic E-state index is 0.182. The summed E-state index contributed by atoms with van der Waals surface area (Å²) in [5.74, 6) is -0.485. The third kappa shape index (κ3) is 3.24. The van der Waals surface area contributed by atoms with Crippen molar-refractivity contribution in [3.63, 3.8) is 0 Å². The number of ether oxygens (including phenoxy) is 1. The molecule has 1 aromatic carbocycles. The van der Waals surface area contributed by atoms with Crippen LogP contribution in [0.25, 0.3) is 0 Å². The maximum Gasteiger partial charge on any atom is 0.408 e. The zero-order valence-corrected chi connectivity index (χ0v) is 10.7. The molecule has 19 heavy (non-hydrogen) atoms. The van der Waals surface area contributed by atoms with Gasteiger partial charge in [0, 0.05) is 0 Å². The van der Waals surface area contributed by atoms with E-state index in [1.807, 2.05) is 30.3 Å². The Morgan fingerprint density at radius 3 is 2.42 bits per heavy atom. The van der Waals surface area contributed by atoms with E-state index in [2.05, 4.69) is 5.32 Å². The van der Waals surface area contributed by atoms with Gasteiger partial charge < -0.3 is 15.8 Å². The molecule has 1 aliphatic rings. The highest BCUT2D eigenvalue weighted by atomic mass is 16.5. The van der Waals surface area contributed by atoms with Crippen LogP contribution < -0.4 is 11.1 Å². The molecule has 2 rings (SSSR count). The molecule has 0 radical (unpaired) electrons. The van der Waals surface area contributed by atoms with Gasteiger partial charge in [-0.25, -0.2) is 4.79 Å². The van der Waals surface area contributed by atoms with Crippen molar-refractivity contribution in [1.82, 2.24) is 5.32 Å². The minimum Gasteiger partial charge on any atom is -0.445 e. The fraction of sp³-hybridized carbons (Fsp3) is 0.429. The summed E-state index contributed by atoms with van der Waals surface area (Å²) in [5.41, 5.74) is 5.36. The van der Waals surface area contributed by atoms with Crippen molar-refractivity contribution in [2.24, 2.45) is 5.73 Å². The Morgan fingerprint density at radius 2 is 1.84 bits per heavy atom. The van der Waals surface area contributed by atoms with Gasteiger partial charge in [0.15, 0.2) is 0 Å². The summed E-state index contributed by atoms with van der Waals surface area (Å²) >= 11 is 0. The second-order valence-corrected chi connectivity index (χ2v) is 4.84. The normalized spacial score (nSPS) is 16.8. The van der Waals surface area contributed by atoms with E-state index < -0.39 is 17.5 Å². The number of hydrogen-bond donors (Lipinski definition) is 2. The molecular formula is C14H18N2O3. The highest BCUT2D eigenvalue weighted by Crippen LogP contribution is 2.29. The number of primary amides is 1. The predicted octanol–water partition coefficient (Wildman–Crippen LogP) is 1.71. The standard InChI is InChI=1S/C14H18N2O3/c15-12(17)14(8-4-5-9-14)16-13(18)19-10-11-6-2-1-3-7-11/h1-3,6-7H,4-5,8-10H2,(H2,15,17)(H,16,18). The fourth-order valence-corrected chi connectivity index (χ4v) is 2.37. The monoisotopic (exact) mass is 262 g/mol. The first-order valence-electron chi connectivity index (χ1n) is 6.41. The maximum atomic E-state index is 11.7. The number of carbonyl (C=O) groups excluding carboxylic acids is 2. The van der Waals surface area contributed by atoms with Crippen LogP contribution in [0, 0.1) is 0 Å². The molecule has 1 aromatic rings. The summed E-state index contributed by atoms with van der Waals surface area (Å²) in [6.07, 6.45) is 2.36. The zero-order chi connectivity index (χ0) is 13.7. The number of rotatable bonds is 4. The lowest BCUT2D eigenvalue weighted by Crippen LogP contribution is -2.55. The molecule has 0 aliphatic heterocycles. The van der Waals surface area contributed by atoms with E-state index in [4.69, 9.17) is 10.5 Å². The van der Waals surface area contributed by atoms with Crippen molar-refractivity contribution in [1.29, 1.82) is 0 Å². The average Bonchev–Trinajstić information content (AvgIpc) is 2.87. The average molecular weight is 262 g/mol. The van der Waals surface area contributed by atoms with Gasteiger partial charge in [-0.2, -0.15) is 0 Å². The van der Waals surface area contributed by atoms with E-state index in [-0.39, 0.29) is 6.61 Å². The molecule has 0 atom stereocenters. The van der Waals surface area contributed by atoms with Crippen LogP contribution in [0.2, 0.25) is 0 Å². The largest absolute Gasteiger partial charge is 0.445 e. The van der Waals surface area contributed by atoms with Gasteiger partial charge in [-0.1, -0.05) is 43.2 Å². The lowest BCUT2D eigenvalue weighted by Gasteiger charge is -2.25. The Hall–Kier alpha value is -2.04. The third-order valence-corrected chi connectivity index (χ3v) is 3.48. The van der Waals surface area contributed by atoms with Crippen molar-refractivity contribution in [3.8, 4) is 0 Å². The Kier molecular flexibility index (Phi) is 4.04. The van der Waals surface area contributed by atoms with Gasteiger partial charge in [0.1, 0.15) is 12.1 Å². The topological polar surface area (TPSA) is 81.4 Å². The maximum absolute atomic E-state index is 11.7. The van der Waals surface area contributed by atoms with Crippen LogP contribution in [-0.2, 0) is 16.1 Å². The number of alkyl carbamates (subject to hydrolysis) is 1. The van der Waals surface area contributed by atoms with Crippen LogP contribution in [0.5, 0.6) is 0 Å². The summed E-state index contributed by atoms with van der Waals surface area (Å²) in [6, 6.07) is 9.38. The number of nitrogens with one attached hydrogen (secondary N) is 1. The van der Waals surface area contributed by atoms with Crippen LogP contribution in [0.3, 0.4) is 0 Å². The molecule has 3 N–H and O–H groups in total. The fourth-order valence-electron chi connectivity index (χ4n) is 2.37. The summed E-state index contributed by atoms with van der Waals surface area (Å²) in [4.78, 5) is 23.2. The van der Waals surface area contributed by atoms with Gasteiger partial charge in [0.25, 0.3) is 0 Å². The molecule has 2 amide bonds. The molecule has 1 aliphatic carbocycles. The molecule has 0 bridgehead atoms. The van der Waals surface area contributed by atoms with Crippen molar-refractivity contribution in [2.75, 3.05) is 0 Å². The number of carbonyl (C=O) groups is 2. The Bertz CT molecular complexity index is 453. The van der Waals surface area contributed by atoms with E-state index in [0.717, 1.165) is 18.4 Å². The highest BCUT2D eigenvalue weighted by Gasteiger charge is 2.41. The first-order valence-corrected chi connectivity index (χ1v) is 6.41. The summed E-state index contributed by atoms with van der Waals surface area (Å²) in [7, 11) is 0. The minimum atomic E-state index is -0.923. The van der Waals surface area contributed by atoms with Crippen LogP contribution in [0.4, 0.5) is 4.79 Å². The van der Waals surface area contributed by atoms with Gasteiger partial charge in [-0.05, 0) is 18.4 Å². The lowest BCUT2D eigenvalue weighted by molar-refractivity contribution is -0.124. The summed E-state index contributed by atoms with van der Waals surface area (Å²) in [6.45, 7) is 0.182. The molecule has 1 fully saturated rings. The molecule has 102 valence electrons. The van der Waals surface area contributed by atoms with E-state index >= 15 is 0 Å². The number of nitrogens with two attached hydrogens (primary N) is 1. The Labute approximate surface area is 112 Å². The molecule has 5 heteroatoms. The molecule has 0 unspecified atom stereocenters. The van der Waals surface area contributed by atoms with Crippen molar-refractivity contribution >= 4 is 12.0 Å². The van der Waals surface area contributed by atoms with E-state index in [1.165, 1.54) is 0 Å². The molecule has 0 saturated heterocycles. The van der Waals surface area contributed by atoms with Crippen LogP contribution >= 0.6 is 0 Å². The van der Waals surface area contributed by atoms with E-state index in [0.29, 0.717) is 12.8 Å². The zero-order valence-electron chi connectivity index (χ0n) is 10.7. The lowest BCUT2D eigenvalue weighted by atomic mass is 9.97. The van der Waals surface area contributed by atoms with Gasteiger partial charge >= 0.3 is 6.09 Å². The van der Waals surface area contributed by atoms with Crippen LogP contribution in [-0.4, -0.2) is 17.5 Å². The van der Waals surface area contributed by atoms with Crippen molar-refractivity contribution in [2.45, 2.75) is 37.8 Å². The number of hydrogen-bond acceptors (Lipinski definition) is 3. The smallest absolute Gasteiger partial charge is 0.408 e. The number of amides is 2. The SMILES string of the molecule is NC(=O)C1(NC(=O)OCc2ccccc2)CCCC1. The van der Waals surface area contributed by atoms with Gasteiger partial charge in [0.2, 0.25) is 5.91 Å². The number of benzene rings is 1. The predicted molar refractivity (Wildman–Crippen MR) is 70.2 cm³/mol. The Balaban J connectivity index is 1.88. The van der Waals surface area contributed by atoms with Gasteiger partial charge in [-0.15, -0.1) is 0 Å². The molecule has 0 aromatic heterocycles. The van der Waals surface area contributed by atoms with Crippen molar-refractivity contribution < 1.29 is 14.3 Å². The van der Waals surface area contributed by atoms with Gasteiger partial charge in [-0.3, -0.25) is 4.79 Å². The van der Waals surface area contributed by atoms with Crippen LogP contribution in [0.1, 0.15) is 31.2 Å². The molecular weight excluding hydrogens is 244 g/mol. The first-order chi connectivity index (χ1) is 9.12. The molecule has 0 spiro atoms.